The minimum atomic E-state index is -0.533. The number of nitrogens with one attached hydrogen (secondary N) is 1. The average Bonchev–Trinajstić information content (AvgIpc) is 3.61. The molecule has 0 saturated carbocycles. The lowest BCUT2D eigenvalue weighted by Gasteiger charge is -2.36. The van der Waals surface area contributed by atoms with E-state index in [-0.39, 0.29) is 37.3 Å². The van der Waals surface area contributed by atoms with Crippen molar-refractivity contribution in [2.45, 2.75) is 125 Å². The van der Waals surface area contributed by atoms with E-state index in [4.69, 9.17) is 21.1 Å². The number of aryl methyl sites for hydroxylation is 2. The molecule has 0 bridgehead atoms. The average molecular weight is 699 g/mol. The van der Waals surface area contributed by atoms with Gasteiger partial charge >= 0.3 is 12.2 Å². The molecule has 49 heavy (non-hydrogen) atoms. The molecule has 2 amide bonds. The van der Waals surface area contributed by atoms with Crippen LogP contribution in [0.1, 0.15) is 122 Å². The number of hydrogen-bond donors (Lipinski definition) is 1. The van der Waals surface area contributed by atoms with Gasteiger partial charge in [0.25, 0.3) is 5.56 Å². The fraction of sp³-hybridized carbons (Fsp3) is 0.600. The van der Waals surface area contributed by atoms with Gasteiger partial charge in [-0.25, -0.2) is 28.6 Å². The van der Waals surface area contributed by atoms with Crippen molar-refractivity contribution in [3.05, 3.63) is 62.5 Å². The summed E-state index contributed by atoms with van der Waals surface area (Å²) in [4.78, 5) is 49.5. The Morgan fingerprint density at radius 1 is 0.796 bits per heavy atom. The van der Waals surface area contributed by atoms with E-state index in [0.717, 1.165) is 55.6 Å². The number of likely N-dealkylation sites (tertiary alicyclic amines) is 2. The van der Waals surface area contributed by atoms with Gasteiger partial charge in [0.05, 0.1) is 23.5 Å². The lowest BCUT2D eigenvalue weighted by Crippen LogP contribution is -2.42. The Morgan fingerprint density at radius 3 is 1.92 bits per heavy atom. The third kappa shape index (κ3) is 9.11. The van der Waals surface area contributed by atoms with Crippen LogP contribution in [-0.2, 0) is 9.47 Å². The molecule has 2 atom stereocenters. The second kappa shape index (κ2) is 14.8. The number of aromatic amines is 1. The van der Waals surface area contributed by atoms with Crippen molar-refractivity contribution in [1.82, 2.24) is 39.0 Å². The second-order valence-electron chi connectivity index (χ2n) is 14.6. The summed E-state index contributed by atoms with van der Waals surface area (Å²) in [5.74, 6) is 0. The first kappa shape index (κ1) is 37.7. The summed E-state index contributed by atoms with van der Waals surface area (Å²) in [6.07, 6.45) is 5.09. The lowest BCUT2D eigenvalue weighted by atomic mass is 10.00. The van der Waals surface area contributed by atoms with Crippen molar-refractivity contribution < 1.29 is 19.1 Å². The highest BCUT2D eigenvalue weighted by Gasteiger charge is 2.34. The lowest BCUT2D eigenvalue weighted by molar-refractivity contribution is 0.00800. The zero-order valence-corrected chi connectivity index (χ0v) is 29.9. The molecule has 2 aliphatic heterocycles. The number of carbonyl (C=O) groups excluding carboxylic acids is 2. The Balaban J connectivity index is 0.000000216. The molecule has 6 heterocycles. The van der Waals surface area contributed by atoms with E-state index < -0.39 is 11.2 Å². The first-order valence-electron chi connectivity index (χ1n) is 16.6. The molecule has 2 fully saturated rings. The molecule has 0 aromatic carbocycles. The summed E-state index contributed by atoms with van der Waals surface area (Å²) in [7, 11) is 0. The first-order chi connectivity index (χ1) is 22.5. The number of amides is 2. The van der Waals surface area contributed by atoms with E-state index in [2.05, 4.69) is 20.2 Å². The molecular formula is C35H51ClN8O5. The van der Waals surface area contributed by atoms with Crippen LogP contribution in [0, 0.1) is 13.8 Å². The number of ether oxygens (including phenoxy) is 2. The van der Waals surface area contributed by atoms with Crippen LogP contribution in [0.2, 0.25) is 5.15 Å². The summed E-state index contributed by atoms with van der Waals surface area (Å²) in [6, 6.07) is 6.78. The van der Waals surface area contributed by atoms with Crippen LogP contribution in [0.25, 0.3) is 11.3 Å². The van der Waals surface area contributed by atoms with E-state index in [9.17, 15) is 14.4 Å². The van der Waals surface area contributed by atoms with Gasteiger partial charge in [-0.05, 0) is 100.0 Å². The van der Waals surface area contributed by atoms with Gasteiger partial charge in [0.1, 0.15) is 16.4 Å². The maximum atomic E-state index is 12.6. The predicted molar refractivity (Wildman–Crippen MR) is 189 cm³/mol. The summed E-state index contributed by atoms with van der Waals surface area (Å²) in [5.41, 5.74) is 3.22. The van der Waals surface area contributed by atoms with Gasteiger partial charge in [0, 0.05) is 42.7 Å². The van der Waals surface area contributed by atoms with Gasteiger partial charge in [0.2, 0.25) is 0 Å². The Morgan fingerprint density at radius 2 is 1.33 bits per heavy atom. The van der Waals surface area contributed by atoms with Crippen LogP contribution >= 0.6 is 11.6 Å². The number of hydrogen-bond acceptors (Lipinski definition) is 8. The molecule has 4 aromatic heterocycles. The highest BCUT2D eigenvalue weighted by Crippen LogP contribution is 2.33. The molecule has 4 aromatic rings. The third-order valence-electron chi connectivity index (χ3n) is 8.09. The van der Waals surface area contributed by atoms with Crippen molar-refractivity contribution in [1.29, 1.82) is 0 Å². The van der Waals surface area contributed by atoms with Gasteiger partial charge in [-0.15, -0.1) is 0 Å². The molecule has 2 saturated heterocycles. The standard InChI is InChI=1S/C17H23ClN4O2.C17H24N4O3.CH4/c1-11-9-14(18)22-15(19-11)10-12(20-22)13-7-5-6-8-21(13)16(23)24-17(2,3)4;1-11-9-15(22)21-14(18-11)10-12(19-21)13-7-5-6-8-20(13)16(23)24-17(2,3)4;/h9-10,13H,5-8H2,1-4H3;9-10,13,19H,5-8H2,1-4H3;1H4/t2*13-;/m00./s1. The summed E-state index contributed by atoms with van der Waals surface area (Å²) in [6.45, 7) is 16.2. The van der Waals surface area contributed by atoms with Crippen LogP contribution < -0.4 is 5.56 Å². The van der Waals surface area contributed by atoms with E-state index in [1.807, 2.05) is 60.6 Å². The molecule has 268 valence electrons. The topological polar surface area (TPSA) is 139 Å². The minimum absolute atomic E-state index is 0. The Labute approximate surface area is 292 Å². The molecule has 1 N–H and O–H groups in total. The molecule has 14 heteroatoms. The zero-order valence-electron chi connectivity index (χ0n) is 29.2. The smallest absolute Gasteiger partial charge is 0.410 e. The fourth-order valence-electron chi connectivity index (χ4n) is 6.11. The van der Waals surface area contributed by atoms with Crippen LogP contribution in [0.5, 0.6) is 0 Å². The molecule has 13 nitrogen and oxygen atoms in total. The fourth-order valence-corrected chi connectivity index (χ4v) is 6.39. The quantitative estimate of drug-likeness (QED) is 0.211. The summed E-state index contributed by atoms with van der Waals surface area (Å²) >= 11 is 6.26. The van der Waals surface area contributed by atoms with E-state index in [0.29, 0.717) is 35.2 Å². The largest absolute Gasteiger partial charge is 0.444 e. The van der Waals surface area contributed by atoms with Gasteiger partial charge in [-0.2, -0.15) is 5.10 Å². The number of halogens is 1. The molecule has 0 unspecified atom stereocenters. The van der Waals surface area contributed by atoms with Crippen molar-refractivity contribution in [3.8, 4) is 0 Å². The maximum absolute atomic E-state index is 12.6. The number of H-pyrrole nitrogens is 1. The van der Waals surface area contributed by atoms with Crippen LogP contribution in [0.15, 0.2) is 29.1 Å². The second-order valence-corrected chi connectivity index (χ2v) is 15.0. The monoisotopic (exact) mass is 698 g/mol. The number of nitrogens with zero attached hydrogens (tertiary/aromatic N) is 7. The minimum Gasteiger partial charge on any atom is -0.444 e. The number of aromatic nitrogens is 6. The molecular weight excluding hydrogens is 648 g/mol. The molecule has 2 aliphatic rings. The molecule has 0 radical (unpaired) electrons. The molecule has 6 rings (SSSR count). The van der Waals surface area contributed by atoms with Crippen molar-refractivity contribution in [2.24, 2.45) is 0 Å². The van der Waals surface area contributed by atoms with Crippen molar-refractivity contribution in [3.63, 3.8) is 0 Å². The summed E-state index contributed by atoms with van der Waals surface area (Å²) in [5, 5.41) is 8.20. The van der Waals surface area contributed by atoms with E-state index in [1.54, 1.807) is 27.3 Å². The van der Waals surface area contributed by atoms with Crippen molar-refractivity contribution >= 4 is 35.1 Å². The van der Waals surface area contributed by atoms with Crippen LogP contribution in [0.3, 0.4) is 0 Å². The zero-order chi connectivity index (χ0) is 35.0. The van der Waals surface area contributed by atoms with E-state index in [1.165, 1.54) is 10.6 Å². The number of rotatable bonds is 2. The van der Waals surface area contributed by atoms with Crippen LogP contribution in [-0.4, -0.2) is 75.5 Å². The summed E-state index contributed by atoms with van der Waals surface area (Å²) < 4.78 is 14.1. The highest BCUT2D eigenvalue weighted by atomic mass is 35.5. The first-order valence-corrected chi connectivity index (χ1v) is 17.0. The third-order valence-corrected chi connectivity index (χ3v) is 8.36. The Hall–Kier alpha value is -4.13. The number of fused-ring (bicyclic) bond motifs is 2. The van der Waals surface area contributed by atoms with Crippen molar-refractivity contribution in [2.75, 3.05) is 13.1 Å². The highest BCUT2D eigenvalue weighted by molar-refractivity contribution is 6.29. The predicted octanol–water partition coefficient (Wildman–Crippen LogP) is 7.58. The SMILES string of the molecule is C.Cc1cc(=O)n2[nH]c([C@@H]3CCCCN3C(=O)OC(C)(C)C)cc2n1.Cc1cc(Cl)n2nc([C@@H]3CCCCN3C(=O)OC(C)(C)C)cc2n1. The van der Waals surface area contributed by atoms with Gasteiger partial charge < -0.3 is 9.47 Å². The number of piperidine rings is 2. The molecule has 0 spiro atoms. The normalized spacial score (nSPS) is 18.5. The van der Waals surface area contributed by atoms with Gasteiger partial charge in [-0.3, -0.25) is 19.7 Å². The maximum Gasteiger partial charge on any atom is 0.410 e. The Kier molecular flexibility index (Phi) is 11.4. The molecule has 0 aliphatic carbocycles. The van der Waals surface area contributed by atoms with Gasteiger partial charge in [-0.1, -0.05) is 19.0 Å². The Bertz CT molecular complexity index is 1850. The van der Waals surface area contributed by atoms with Gasteiger partial charge in [0.15, 0.2) is 11.3 Å². The number of carbonyl (C=O) groups is 2. The van der Waals surface area contributed by atoms with E-state index >= 15 is 0 Å². The van der Waals surface area contributed by atoms with Crippen LogP contribution in [0.4, 0.5) is 9.59 Å².